The second kappa shape index (κ2) is 9.28. The molecule has 2 aromatic carbocycles. The maximum atomic E-state index is 13.6. The first-order valence-corrected chi connectivity index (χ1v) is 7.27. The van der Waals surface area contributed by atoms with Crippen LogP contribution in [0.1, 0.15) is 11.1 Å². The molecule has 0 bridgehead atoms. The minimum atomic E-state index is -1.68. The van der Waals surface area contributed by atoms with Crippen molar-refractivity contribution in [1.29, 1.82) is 0 Å². The molecule has 4 heteroatoms. The van der Waals surface area contributed by atoms with Gasteiger partial charge in [-0.15, -0.1) is 0 Å². The quantitative estimate of drug-likeness (QED) is 0.694. The van der Waals surface area contributed by atoms with Crippen LogP contribution in [-0.4, -0.2) is 25.6 Å². The fourth-order valence-corrected chi connectivity index (χ4v) is 1.94. The van der Waals surface area contributed by atoms with Gasteiger partial charge in [0.15, 0.2) is 12.3 Å². The van der Waals surface area contributed by atoms with Crippen LogP contribution in [0, 0.1) is 0 Å². The van der Waals surface area contributed by atoms with Gasteiger partial charge in [-0.2, -0.15) is 0 Å². The lowest BCUT2D eigenvalue weighted by molar-refractivity contribution is -0.00805. The number of alkyl halides is 2. The van der Waals surface area contributed by atoms with Gasteiger partial charge in [-0.1, -0.05) is 60.7 Å². The molecule has 2 atom stereocenters. The van der Waals surface area contributed by atoms with E-state index in [2.05, 4.69) is 0 Å². The highest BCUT2D eigenvalue weighted by atomic mass is 19.2. The van der Waals surface area contributed by atoms with Crippen LogP contribution in [0.2, 0.25) is 0 Å². The van der Waals surface area contributed by atoms with E-state index in [0.29, 0.717) is 0 Å². The molecule has 2 rings (SSSR count). The van der Waals surface area contributed by atoms with Gasteiger partial charge in [0.1, 0.15) is 0 Å². The van der Waals surface area contributed by atoms with Crippen LogP contribution in [0.15, 0.2) is 60.7 Å². The minimum Gasteiger partial charge on any atom is -0.374 e. The topological polar surface area (TPSA) is 18.5 Å². The zero-order valence-corrected chi connectivity index (χ0v) is 12.3. The smallest absolute Gasteiger partial charge is 0.157 e. The fourth-order valence-electron chi connectivity index (χ4n) is 1.94. The first kappa shape index (κ1) is 16.6. The summed E-state index contributed by atoms with van der Waals surface area (Å²) in [5.74, 6) is 0. The fraction of sp³-hybridized carbons (Fsp3) is 0.333. The Morgan fingerprint density at radius 2 is 1.00 bits per heavy atom. The zero-order chi connectivity index (χ0) is 15.6. The van der Waals surface area contributed by atoms with E-state index >= 15 is 0 Å². The average Bonchev–Trinajstić information content (AvgIpc) is 2.56. The molecule has 0 saturated carbocycles. The van der Waals surface area contributed by atoms with E-state index in [1.807, 2.05) is 60.7 Å². The number of halogens is 2. The molecular formula is C18H20F2O2. The van der Waals surface area contributed by atoms with Crippen molar-refractivity contribution in [2.75, 3.05) is 13.2 Å². The van der Waals surface area contributed by atoms with Crippen LogP contribution in [0.4, 0.5) is 8.78 Å². The van der Waals surface area contributed by atoms with Crippen LogP contribution >= 0.6 is 0 Å². The lowest BCUT2D eigenvalue weighted by Crippen LogP contribution is -2.27. The Kier molecular flexibility index (Phi) is 7.00. The normalized spacial score (nSPS) is 13.7. The molecule has 0 aromatic heterocycles. The maximum Gasteiger partial charge on any atom is 0.157 e. The summed E-state index contributed by atoms with van der Waals surface area (Å²) in [7, 11) is 0. The van der Waals surface area contributed by atoms with Crippen molar-refractivity contribution in [2.24, 2.45) is 0 Å². The molecule has 118 valence electrons. The van der Waals surface area contributed by atoms with Gasteiger partial charge in [-0.05, 0) is 11.1 Å². The summed E-state index contributed by atoms with van der Waals surface area (Å²) in [4.78, 5) is 0. The number of ether oxygens (including phenoxy) is 2. The highest BCUT2D eigenvalue weighted by Gasteiger charge is 2.20. The van der Waals surface area contributed by atoms with Gasteiger partial charge in [0.05, 0.1) is 26.4 Å². The van der Waals surface area contributed by atoms with Gasteiger partial charge in [-0.3, -0.25) is 0 Å². The summed E-state index contributed by atoms with van der Waals surface area (Å²) in [6.45, 7) is 0.00716. The molecular weight excluding hydrogens is 286 g/mol. The van der Waals surface area contributed by atoms with E-state index in [4.69, 9.17) is 9.47 Å². The lowest BCUT2D eigenvalue weighted by Gasteiger charge is -2.14. The summed E-state index contributed by atoms with van der Waals surface area (Å²) >= 11 is 0. The zero-order valence-electron chi connectivity index (χ0n) is 12.3. The molecule has 0 aliphatic rings. The number of hydrogen-bond acceptors (Lipinski definition) is 2. The molecule has 0 saturated heterocycles. The van der Waals surface area contributed by atoms with Gasteiger partial charge < -0.3 is 9.47 Å². The molecule has 0 spiro atoms. The monoisotopic (exact) mass is 306 g/mol. The Balaban J connectivity index is 1.61. The van der Waals surface area contributed by atoms with Crippen LogP contribution in [-0.2, 0) is 22.7 Å². The Labute approximate surface area is 129 Å². The predicted molar refractivity (Wildman–Crippen MR) is 82.0 cm³/mol. The molecule has 2 aromatic rings. The van der Waals surface area contributed by atoms with Crippen molar-refractivity contribution < 1.29 is 18.3 Å². The van der Waals surface area contributed by atoms with E-state index in [1.54, 1.807) is 0 Å². The van der Waals surface area contributed by atoms with E-state index in [0.717, 1.165) is 11.1 Å². The summed E-state index contributed by atoms with van der Waals surface area (Å²) in [6, 6.07) is 18.8. The third-order valence-electron chi connectivity index (χ3n) is 3.17. The Hall–Kier alpha value is -1.78. The van der Waals surface area contributed by atoms with Crippen molar-refractivity contribution in [3.8, 4) is 0 Å². The molecule has 0 unspecified atom stereocenters. The van der Waals surface area contributed by atoms with Crippen LogP contribution in [0.3, 0.4) is 0 Å². The van der Waals surface area contributed by atoms with Crippen molar-refractivity contribution in [3.05, 3.63) is 71.8 Å². The molecule has 0 fully saturated rings. The molecule has 0 radical (unpaired) electrons. The second-order valence-corrected chi connectivity index (χ2v) is 5.03. The second-order valence-electron chi connectivity index (χ2n) is 5.03. The van der Waals surface area contributed by atoms with Crippen molar-refractivity contribution >= 4 is 0 Å². The number of rotatable bonds is 9. The number of hydrogen-bond donors (Lipinski definition) is 0. The summed E-state index contributed by atoms with van der Waals surface area (Å²) in [5.41, 5.74) is 1.87. The average molecular weight is 306 g/mol. The van der Waals surface area contributed by atoms with E-state index in [-0.39, 0.29) is 26.4 Å². The molecule has 0 N–H and O–H groups in total. The minimum absolute atomic E-state index is 0.273. The summed E-state index contributed by atoms with van der Waals surface area (Å²) in [5, 5.41) is 0. The third kappa shape index (κ3) is 5.92. The molecule has 0 amide bonds. The molecule has 2 nitrogen and oxygen atoms in total. The van der Waals surface area contributed by atoms with E-state index in [1.165, 1.54) is 0 Å². The largest absolute Gasteiger partial charge is 0.374 e. The van der Waals surface area contributed by atoms with Gasteiger partial charge in [-0.25, -0.2) is 8.78 Å². The van der Waals surface area contributed by atoms with Gasteiger partial charge >= 0.3 is 0 Å². The highest BCUT2D eigenvalue weighted by molar-refractivity contribution is 5.14. The predicted octanol–water partition coefficient (Wildman–Crippen LogP) is 4.10. The van der Waals surface area contributed by atoms with E-state index < -0.39 is 12.3 Å². The van der Waals surface area contributed by atoms with Crippen molar-refractivity contribution in [3.63, 3.8) is 0 Å². The van der Waals surface area contributed by atoms with Crippen LogP contribution in [0.5, 0.6) is 0 Å². The van der Waals surface area contributed by atoms with Crippen LogP contribution in [0.25, 0.3) is 0 Å². The molecule has 0 aliphatic heterocycles. The molecule has 0 heterocycles. The Morgan fingerprint density at radius 1 is 0.636 bits per heavy atom. The number of benzene rings is 2. The Bertz CT molecular complexity index is 470. The summed E-state index contributed by atoms with van der Waals surface area (Å²) < 4.78 is 37.7. The maximum absolute atomic E-state index is 13.6. The van der Waals surface area contributed by atoms with Crippen molar-refractivity contribution in [2.45, 2.75) is 25.6 Å². The van der Waals surface area contributed by atoms with Gasteiger partial charge in [0.25, 0.3) is 0 Å². The van der Waals surface area contributed by atoms with Gasteiger partial charge in [0, 0.05) is 0 Å². The lowest BCUT2D eigenvalue weighted by atomic mass is 10.2. The first-order valence-electron chi connectivity index (χ1n) is 7.27. The highest BCUT2D eigenvalue weighted by Crippen LogP contribution is 2.09. The van der Waals surface area contributed by atoms with E-state index in [9.17, 15) is 8.78 Å². The summed E-state index contributed by atoms with van der Waals surface area (Å²) in [6.07, 6.45) is -3.36. The van der Waals surface area contributed by atoms with Crippen molar-refractivity contribution in [1.82, 2.24) is 0 Å². The third-order valence-corrected chi connectivity index (χ3v) is 3.17. The Morgan fingerprint density at radius 3 is 1.36 bits per heavy atom. The SMILES string of the molecule is F[C@H](COCc1ccccc1)[C@@H](F)COCc1ccccc1. The standard InChI is InChI=1S/C18H20F2O2/c19-17(13-21-11-15-7-3-1-4-8-15)18(20)14-22-12-16-9-5-2-6-10-16/h1-10,17-18H,11-14H2/t17-,18+. The van der Waals surface area contributed by atoms with Gasteiger partial charge in [0.2, 0.25) is 0 Å². The molecule has 22 heavy (non-hydrogen) atoms. The van der Waals surface area contributed by atoms with Crippen LogP contribution < -0.4 is 0 Å². The molecule has 0 aliphatic carbocycles. The first-order chi connectivity index (χ1) is 10.8.